The van der Waals surface area contributed by atoms with Crippen molar-refractivity contribution in [3.05, 3.63) is 29.8 Å². The molecule has 1 aromatic carbocycles. The maximum Gasteiger partial charge on any atom is 0.128 e. The van der Waals surface area contributed by atoms with Crippen LogP contribution in [0.2, 0.25) is 0 Å². The van der Waals surface area contributed by atoms with Crippen molar-refractivity contribution in [1.82, 2.24) is 0 Å². The van der Waals surface area contributed by atoms with Gasteiger partial charge >= 0.3 is 0 Å². The third-order valence-corrected chi connectivity index (χ3v) is 1.87. The fraction of sp³-hybridized carbons (Fsp3) is 0.364. The van der Waals surface area contributed by atoms with Crippen molar-refractivity contribution in [2.45, 2.75) is 19.8 Å². The standard InChI is InChI=1S/C11H15NO2/c1-2-3-8-14-11-7-5-4-6-10(11)9-12-13/h4-7,9,13H,2-3,8H2,1H3/b12-9+. The molecule has 0 fully saturated rings. The van der Waals surface area contributed by atoms with Crippen molar-refractivity contribution in [3.63, 3.8) is 0 Å². The van der Waals surface area contributed by atoms with Gasteiger partial charge in [0.2, 0.25) is 0 Å². The molecule has 0 saturated heterocycles. The summed E-state index contributed by atoms with van der Waals surface area (Å²) in [5.74, 6) is 0.763. The van der Waals surface area contributed by atoms with Gasteiger partial charge in [-0.3, -0.25) is 0 Å². The molecule has 1 rings (SSSR count). The summed E-state index contributed by atoms with van der Waals surface area (Å²) in [6.07, 6.45) is 3.52. The molecule has 0 heterocycles. The normalized spacial score (nSPS) is 10.6. The highest BCUT2D eigenvalue weighted by atomic mass is 16.5. The monoisotopic (exact) mass is 193 g/mol. The van der Waals surface area contributed by atoms with Gasteiger partial charge in [0.15, 0.2) is 0 Å². The molecule has 0 aliphatic carbocycles. The van der Waals surface area contributed by atoms with Crippen LogP contribution in [0.15, 0.2) is 29.4 Å². The smallest absolute Gasteiger partial charge is 0.128 e. The summed E-state index contributed by atoms with van der Waals surface area (Å²) in [4.78, 5) is 0. The number of unbranched alkanes of at least 4 members (excludes halogenated alkanes) is 1. The Labute approximate surface area is 84.0 Å². The summed E-state index contributed by atoms with van der Waals surface area (Å²) >= 11 is 0. The zero-order valence-corrected chi connectivity index (χ0v) is 8.31. The van der Waals surface area contributed by atoms with E-state index in [1.54, 1.807) is 0 Å². The van der Waals surface area contributed by atoms with E-state index >= 15 is 0 Å². The zero-order chi connectivity index (χ0) is 10.2. The van der Waals surface area contributed by atoms with Gasteiger partial charge in [-0.05, 0) is 18.6 Å². The molecule has 0 amide bonds. The minimum atomic E-state index is 0.701. The van der Waals surface area contributed by atoms with Crippen LogP contribution in [0.4, 0.5) is 0 Å². The van der Waals surface area contributed by atoms with Crippen LogP contribution in [-0.4, -0.2) is 18.0 Å². The molecule has 0 saturated carbocycles. The molecule has 0 aliphatic rings. The Bertz CT molecular complexity index is 297. The van der Waals surface area contributed by atoms with Crippen molar-refractivity contribution in [2.75, 3.05) is 6.61 Å². The van der Waals surface area contributed by atoms with Gasteiger partial charge in [0.25, 0.3) is 0 Å². The predicted octanol–water partition coefficient (Wildman–Crippen LogP) is 2.67. The van der Waals surface area contributed by atoms with E-state index in [4.69, 9.17) is 9.94 Å². The van der Waals surface area contributed by atoms with Crippen LogP contribution >= 0.6 is 0 Å². The first-order chi connectivity index (χ1) is 6.88. The molecule has 1 aromatic rings. The number of oxime groups is 1. The fourth-order valence-electron chi connectivity index (χ4n) is 1.11. The molecule has 14 heavy (non-hydrogen) atoms. The first-order valence-corrected chi connectivity index (χ1v) is 4.77. The van der Waals surface area contributed by atoms with E-state index in [1.165, 1.54) is 6.21 Å². The molecular weight excluding hydrogens is 178 g/mol. The van der Waals surface area contributed by atoms with E-state index in [0.29, 0.717) is 6.61 Å². The van der Waals surface area contributed by atoms with E-state index in [2.05, 4.69) is 12.1 Å². The van der Waals surface area contributed by atoms with Crippen molar-refractivity contribution in [1.29, 1.82) is 0 Å². The van der Waals surface area contributed by atoms with Crippen molar-refractivity contribution >= 4 is 6.21 Å². The Morgan fingerprint density at radius 1 is 1.43 bits per heavy atom. The first-order valence-electron chi connectivity index (χ1n) is 4.77. The summed E-state index contributed by atoms with van der Waals surface area (Å²) in [6, 6.07) is 7.49. The lowest BCUT2D eigenvalue weighted by molar-refractivity contribution is 0.307. The number of hydrogen-bond donors (Lipinski definition) is 1. The Hall–Kier alpha value is -1.51. The second-order valence-corrected chi connectivity index (χ2v) is 2.98. The van der Waals surface area contributed by atoms with Gasteiger partial charge in [0.1, 0.15) is 5.75 Å². The fourth-order valence-corrected chi connectivity index (χ4v) is 1.11. The highest BCUT2D eigenvalue weighted by Gasteiger charge is 1.99. The lowest BCUT2D eigenvalue weighted by Crippen LogP contribution is -1.99. The van der Waals surface area contributed by atoms with Gasteiger partial charge in [0.05, 0.1) is 12.8 Å². The molecule has 76 valence electrons. The lowest BCUT2D eigenvalue weighted by atomic mass is 10.2. The van der Waals surface area contributed by atoms with Crippen LogP contribution in [0, 0.1) is 0 Å². The molecular formula is C11H15NO2. The van der Waals surface area contributed by atoms with Gasteiger partial charge in [0, 0.05) is 5.56 Å². The number of rotatable bonds is 5. The van der Waals surface area contributed by atoms with Gasteiger partial charge in [-0.25, -0.2) is 0 Å². The second kappa shape index (κ2) is 6.02. The Kier molecular flexibility index (Phi) is 4.55. The van der Waals surface area contributed by atoms with E-state index in [1.807, 2.05) is 24.3 Å². The largest absolute Gasteiger partial charge is 0.493 e. The Balaban J connectivity index is 2.64. The molecule has 0 spiro atoms. The Morgan fingerprint density at radius 2 is 2.21 bits per heavy atom. The van der Waals surface area contributed by atoms with Crippen LogP contribution < -0.4 is 4.74 Å². The van der Waals surface area contributed by atoms with E-state index < -0.39 is 0 Å². The SMILES string of the molecule is CCCCOc1ccccc1/C=N/O. The molecule has 0 aliphatic heterocycles. The maximum absolute atomic E-state index is 8.43. The predicted molar refractivity (Wildman–Crippen MR) is 56.2 cm³/mol. The first kappa shape index (κ1) is 10.6. The molecule has 0 bridgehead atoms. The van der Waals surface area contributed by atoms with Crippen LogP contribution in [0.5, 0.6) is 5.75 Å². The highest BCUT2D eigenvalue weighted by molar-refractivity contribution is 5.82. The summed E-state index contributed by atoms with van der Waals surface area (Å²) in [6.45, 7) is 2.82. The van der Waals surface area contributed by atoms with Gasteiger partial charge in [-0.1, -0.05) is 30.6 Å². The average Bonchev–Trinajstić information content (AvgIpc) is 2.21. The lowest BCUT2D eigenvalue weighted by Gasteiger charge is -2.07. The van der Waals surface area contributed by atoms with E-state index in [9.17, 15) is 0 Å². The third kappa shape index (κ3) is 3.09. The van der Waals surface area contributed by atoms with Crippen LogP contribution in [0.25, 0.3) is 0 Å². The summed E-state index contributed by atoms with van der Waals surface area (Å²) in [7, 11) is 0. The molecule has 0 unspecified atom stereocenters. The van der Waals surface area contributed by atoms with Crippen LogP contribution in [-0.2, 0) is 0 Å². The second-order valence-electron chi connectivity index (χ2n) is 2.98. The van der Waals surface area contributed by atoms with Crippen molar-refractivity contribution < 1.29 is 9.94 Å². The minimum Gasteiger partial charge on any atom is -0.493 e. The van der Waals surface area contributed by atoms with Crippen molar-refractivity contribution in [3.8, 4) is 5.75 Å². The molecule has 3 nitrogen and oxygen atoms in total. The van der Waals surface area contributed by atoms with E-state index in [0.717, 1.165) is 24.2 Å². The topological polar surface area (TPSA) is 41.8 Å². The van der Waals surface area contributed by atoms with Gasteiger partial charge in [-0.2, -0.15) is 0 Å². The van der Waals surface area contributed by atoms with E-state index in [-0.39, 0.29) is 0 Å². The summed E-state index contributed by atoms with van der Waals surface area (Å²) in [5.41, 5.74) is 0.797. The molecule has 0 radical (unpaired) electrons. The molecule has 0 atom stereocenters. The maximum atomic E-state index is 8.43. The average molecular weight is 193 g/mol. The quantitative estimate of drug-likeness (QED) is 0.338. The molecule has 1 N–H and O–H groups in total. The third-order valence-electron chi connectivity index (χ3n) is 1.87. The number of hydrogen-bond acceptors (Lipinski definition) is 3. The van der Waals surface area contributed by atoms with Crippen LogP contribution in [0.3, 0.4) is 0 Å². The number of ether oxygens (including phenoxy) is 1. The molecule has 3 heteroatoms. The Morgan fingerprint density at radius 3 is 2.93 bits per heavy atom. The number of nitrogens with zero attached hydrogens (tertiary/aromatic N) is 1. The summed E-state index contributed by atoms with van der Waals surface area (Å²) in [5, 5.41) is 11.4. The number of para-hydroxylation sites is 1. The number of benzene rings is 1. The molecule has 0 aromatic heterocycles. The summed E-state index contributed by atoms with van der Waals surface area (Å²) < 4.78 is 5.53. The van der Waals surface area contributed by atoms with Crippen LogP contribution in [0.1, 0.15) is 25.3 Å². The minimum absolute atomic E-state index is 0.701. The van der Waals surface area contributed by atoms with Gasteiger partial charge < -0.3 is 9.94 Å². The highest BCUT2D eigenvalue weighted by Crippen LogP contribution is 2.15. The van der Waals surface area contributed by atoms with Crippen molar-refractivity contribution in [2.24, 2.45) is 5.16 Å². The zero-order valence-electron chi connectivity index (χ0n) is 8.31. The van der Waals surface area contributed by atoms with Gasteiger partial charge in [-0.15, -0.1) is 0 Å².